The van der Waals surface area contributed by atoms with E-state index in [2.05, 4.69) is 17.6 Å². The smallest absolute Gasteiger partial charge is 0.0623 e. The lowest BCUT2D eigenvalue weighted by Crippen LogP contribution is -2.52. The zero-order chi connectivity index (χ0) is 13.1. The van der Waals surface area contributed by atoms with Gasteiger partial charge in [-0.15, -0.1) is 12.4 Å². The molecule has 0 spiro atoms. The summed E-state index contributed by atoms with van der Waals surface area (Å²) in [6.45, 7) is 6.45. The Kier molecular flexibility index (Phi) is 6.15. The van der Waals surface area contributed by atoms with E-state index >= 15 is 0 Å². The Morgan fingerprint density at radius 1 is 1.25 bits per heavy atom. The van der Waals surface area contributed by atoms with Crippen molar-refractivity contribution in [1.82, 2.24) is 10.6 Å². The Bertz CT molecular complexity index is 285. The van der Waals surface area contributed by atoms with E-state index in [-0.39, 0.29) is 12.4 Å². The number of morpholine rings is 1. The summed E-state index contributed by atoms with van der Waals surface area (Å²) in [5, 5.41) is 7.59. The molecule has 4 heteroatoms. The van der Waals surface area contributed by atoms with E-state index in [9.17, 15) is 0 Å². The van der Waals surface area contributed by atoms with Gasteiger partial charge in [0.15, 0.2) is 0 Å². The molecule has 3 atom stereocenters. The van der Waals surface area contributed by atoms with Gasteiger partial charge in [0.05, 0.1) is 13.2 Å². The molecule has 0 amide bonds. The van der Waals surface area contributed by atoms with Gasteiger partial charge in [0.1, 0.15) is 0 Å². The number of rotatable bonds is 5. The monoisotopic (exact) mass is 302 g/mol. The average molecular weight is 303 g/mol. The van der Waals surface area contributed by atoms with Crippen LogP contribution in [-0.2, 0) is 4.74 Å². The zero-order valence-electron chi connectivity index (χ0n) is 12.8. The van der Waals surface area contributed by atoms with Crippen molar-refractivity contribution in [2.75, 3.05) is 26.3 Å². The SMILES string of the molecule is CCC1(CNC2CCCC2C2COCCN2)CCC1.Cl. The highest BCUT2D eigenvalue weighted by molar-refractivity contribution is 5.85. The second-order valence-electron chi connectivity index (χ2n) is 6.92. The molecule has 118 valence electrons. The molecule has 0 aromatic heterocycles. The summed E-state index contributed by atoms with van der Waals surface area (Å²) in [4.78, 5) is 0. The minimum atomic E-state index is 0. The van der Waals surface area contributed by atoms with Crippen LogP contribution in [0, 0.1) is 11.3 Å². The van der Waals surface area contributed by atoms with Gasteiger partial charge in [-0.2, -0.15) is 0 Å². The molecule has 2 N–H and O–H groups in total. The number of hydrogen-bond acceptors (Lipinski definition) is 3. The fourth-order valence-corrected chi connectivity index (χ4v) is 4.26. The summed E-state index contributed by atoms with van der Waals surface area (Å²) in [5.41, 5.74) is 0.642. The van der Waals surface area contributed by atoms with Gasteiger partial charge in [-0.3, -0.25) is 0 Å². The second-order valence-corrected chi connectivity index (χ2v) is 6.92. The van der Waals surface area contributed by atoms with Crippen molar-refractivity contribution in [3.8, 4) is 0 Å². The molecular weight excluding hydrogens is 272 g/mol. The predicted molar refractivity (Wildman–Crippen MR) is 85.6 cm³/mol. The molecule has 0 aromatic carbocycles. The van der Waals surface area contributed by atoms with Crippen molar-refractivity contribution in [1.29, 1.82) is 0 Å². The summed E-state index contributed by atoms with van der Waals surface area (Å²) in [6, 6.07) is 1.32. The summed E-state index contributed by atoms with van der Waals surface area (Å²) >= 11 is 0. The van der Waals surface area contributed by atoms with Gasteiger partial charge in [-0.25, -0.2) is 0 Å². The van der Waals surface area contributed by atoms with Crippen LogP contribution in [0.2, 0.25) is 0 Å². The Balaban J connectivity index is 0.00000147. The number of ether oxygens (including phenoxy) is 1. The van der Waals surface area contributed by atoms with Gasteiger partial charge in [-0.1, -0.05) is 19.8 Å². The second kappa shape index (κ2) is 7.44. The highest BCUT2D eigenvalue weighted by Gasteiger charge is 2.38. The average Bonchev–Trinajstić information content (AvgIpc) is 2.87. The molecule has 1 saturated heterocycles. The molecule has 2 saturated carbocycles. The van der Waals surface area contributed by atoms with Gasteiger partial charge < -0.3 is 15.4 Å². The lowest BCUT2D eigenvalue weighted by Gasteiger charge is -2.43. The number of hydrogen-bond donors (Lipinski definition) is 2. The van der Waals surface area contributed by atoms with E-state index in [1.54, 1.807) is 0 Å². The molecule has 20 heavy (non-hydrogen) atoms. The first-order valence-electron chi connectivity index (χ1n) is 8.37. The van der Waals surface area contributed by atoms with Crippen LogP contribution in [0.25, 0.3) is 0 Å². The molecule has 2 aliphatic carbocycles. The normalized spacial score (nSPS) is 36.1. The zero-order valence-corrected chi connectivity index (χ0v) is 13.6. The van der Waals surface area contributed by atoms with Gasteiger partial charge in [0.2, 0.25) is 0 Å². The molecule has 3 unspecified atom stereocenters. The molecule has 3 rings (SSSR count). The first kappa shape index (κ1) is 16.5. The van der Waals surface area contributed by atoms with E-state index in [0.29, 0.717) is 11.5 Å². The third-order valence-electron chi connectivity index (χ3n) is 5.94. The third-order valence-corrected chi connectivity index (χ3v) is 5.94. The van der Waals surface area contributed by atoms with Crippen molar-refractivity contribution in [2.24, 2.45) is 11.3 Å². The standard InChI is InChI=1S/C16H30N2O.ClH/c1-2-16(7-4-8-16)12-18-14-6-3-5-13(14)15-11-19-10-9-17-15;/h13-15,17-18H,2-12H2,1H3;1H. The Morgan fingerprint density at radius 2 is 2.10 bits per heavy atom. The highest BCUT2D eigenvalue weighted by atomic mass is 35.5. The Hall–Kier alpha value is 0.170. The maximum atomic E-state index is 5.65. The van der Waals surface area contributed by atoms with Crippen LogP contribution in [0.5, 0.6) is 0 Å². The van der Waals surface area contributed by atoms with Crippen molar-refractivity contribution in [3.63, 3.8) is 0 Å². The van der Waals surface area contributed by atoms with Gasteiger partial charge in [-0.05, 0) is 43.4 Å². The maximum absolute atomic E-state index is 5.65. The largest absolute Gasteiger partial charge is 0.379 e. The number of nitrogens with one attached hydrogen (secondary N) is 2. The van der Waals surface area contributed by atoms with Crippen molar-refractivity contribution in [3.05, 3.63) is 0 Å². The van der Waals surface area contributed by atoms with E-state index < -0.39 is 0 Å². The van der Waals surface area contributed by atoms with Crippen LogP contribution in [0.15, 0.2) is 0 Å². The molecule has 3 aliphatic rings. The molecule has 0 bridgehead atoms. The summed E-state index contributed by atoms with van der Waals surface area (Å²) < 4.78 is 5.65. The highest BCUT2D eigenvalue weighted by Crippen LogP contribution is 2.43. The first-order chi connectivity index (χ1) is 9.33. The minimum absolute atomic E-state index is 0. The van der Waals surface area contributed by atoms with Crippen molar-refractivity contribution >= 4 is 12.4 Å². The molecule has 1 heterocycles. The molecule has 3 nitrogen and oxygen atoms in total. The van der Waals surface area contributed by atoms with E-state index in [4.69, 9.17) is 4.74 Å². The van der Waals surface area contributed by atoms with E-state index in [1.807, 2.05) is 0 Å². The van der Waals surface area contributed by atoms with Gasteiger partial charge in [0.25, 0.3) is 0 Å². The Morgan fingerprint density at radius 3 is 2.70 bits per heavy atom. The van der Waals surface area contributed by atoms with E-state index in [0.717, 1.165) is 31.7 Å². The molecule has 0 aromatic rings. The van der Waals surface area contributed by atoms with Crippen LogP contribution in [0.4, 0.5) is 0 Å². The lowest BCUT2D eigenvalue weighted by molar-refractivity contribution is 0.0491. The summed E-state index contributed by atoms with van der Waals surface area (Å²) in [5.74, 6) is 0.786. The van der Waals surface area contributed by atoms with Gasteiger partial charge >= 0.3 is 0 Å². The summed E-state index contributed by atoms with van der Waals surface area (Å²) in [7, 11) is 0. The fourth-order valence-electron chi connectivity index (χ4n) is 4.26. The van der Waals surface area contributed by atoms with Crippen LogP contribution >= 0.6 is 12.4 Å². The first-order valence-corrected chi connectivity index (χ1v) is 8.37. The topological polar surface area (TPSA) is 33.3 Å². The molecular formula is C16H31ClN2O. The van der Waals surface area contributed by atoms with Crippen molar-refractivity contribution < 1.29 is 4.74 Å². The predicted octanol–water partition coefficient (Wildman–Crippen LogP) is 2.74. The quantitative estimate of drug-likeness (QED) is 0.819. The molecule has 0 radical (unpaired) electrons. The summed E-state index contributed by atoms with van der Waals surface area (Å²) in [6.07, 6.45) is 9.81. The number of halogens is 1. The third kappa shape index (κ3) is 3.49. The minimum Gasteiger partial charge on any atom is -0.379 e. The van der Waals surface area contributed by atoms with Crippen molar-refractivity contribution in [2.45, 2.75) is 64.0 Å². The molecule has 1 aliphatic heterocycles. The van der Waals surface area contributed by atoms with Crippen LogP contribution in [-0.4, -0.2) is 38.4 Å². The Labute approximate surface area is 130 Å². The molecule has 3 fully saturated rings. The lowest BCUT2D eigenvalue weighted by atomic mass is 9.67. The van der Waals surface area contributed by atoms with Gasteiger partial charge in [0, 0.05) is 25.2 Å². The fraction of sp³-hybridized carbons (Fsp3) is 1.00. The van der Waals surface area contributed by atoms with E-state index in [1.165, 1.54) is 51.5 Å². The van der Waals surface area contributed by atoms with Crippen LogP contribution in [0.3, 0.4) is 0 Å². The van der Waals surface area contributed by atoms with Crippen LogP contribution in [0.1, 0.15) is 51.9 Å². The van der Waals surface area contributed by atoms with Crippen LogP contribution < -0.4 is 10.6 Å². The maximum Gasteiger partial charge on any atom is 0.0623 e.